The molecule has 9 nitrogen and oxygen atoms in total. The van der Waals surface area contributed by atoms with Gasteiger partial charge in [0.25, 0.3) is 0 Å². The molecule has 5 aromatic rings. The maximum absolute atomic E-state index is 13.0. The molecule has 3 aromatic carbocycles. The molecule has 0 aliphatic carbocycles. The largest absolute Gasteiger partial charge is 0.573 e. The molecular weight excluding hydrogens is 641 g/mol. The molecule has 0 atom stereocenters. The van der Waals surface area contributed by atoms with E-state index in [1.807, 2.05) is 59.3 Å². The monoisotopic (exact) mass is 678 g/mol. The van der Waals surface area contributed by atoms with Gasteiger partial charge in [0.2, 0.25) is 0 Å². The fourth-order valence-electron chi connectivity index (χ4n) is 5.24. The number of rotatable bonds is 10. The Balaban J connectivity index is 1.22. The third-order valence-electron chi connectivity index (χ3n) is 7.62. The summed E-state index contributed by atoms with van der Waals surface area (Å²) in [5.74, 6) is 1.16. The molecule has 2 heterocycles. The number of nitrogens with one attached hydrogen (secondary N) is 1. The molecule has 48 heavy (non-hydrogen) atoms. The van der Waals surface area contributed by atoms with Gasteiger partial charge < -0.3 is 14.8 Å². The van der Waals surface area contributed by atoms with Crippen molar-refractivity contribution in [1.82, 2.24) is 24.6 Å². The number of alkyl halides is 3. The normalized spacial score (nSPS) is 12.4. The van der Waals surface area contributed by atoms with E-state index >= 15 is 0 Å². The van der Waals surface area contributed by atoms with Crippen LogP contribution in [0.1, 0.15) is 50.4 Å². The molecule has 0 aliphatic heterocycles. The summed E-state index contributed by atoms with van der Waals surface area (Å²) in [6, 6.07) is 18.8. The van der Waals surface area contributed by atoms with Crippen molar-refractivity contribution in [3.05, 3.63) is 100 Å². The summed E-state index contributed by atoms with van der Waals surface area (Å²) in [5.41, 5.74) is 5.17. The number of benzene rings is 3. The third-order valence-corrected chi connectivity index (χ3v) is 8.56. The molecule has 0 aliphatic rings. The van der Waals surface area contributed by atoms with Crippen LogP contribution >= 0.6 is 11.3 Å². The van der Waals surface area contributed by atoms with Gasteiger partial charge in [-0.25, -0.2) is 14.5 Å². The Labute approximate surface area is 280 Å². The molecule has 2 amide bonds. The number of hydrogen-bond acceptors (Lipinski definition) is 6. The van der Waals surface area contributed by atoms with E-state index in [0.29, 0.717) is 29.3 Å². The van der Waals surface area contributed by atoms with Gasteiger partial charge in [-0.3, -0.25) is 4.57 Å². The lowest BCUT2D eigenvalue weighted by molar-refractivity contribution is -0.274. The molecule has 0 saturated heterocycles. The second-order valence-electron chi connectivity index (χ2n) is 12.4. The summed E-state index contributed by atoms with van der Waals surface area (Å²) < 4.78 is 50.2. The predicted molar refractivity (Wildman–Crippen MR) is 179 cm³/mol. The molecule has 0 spiro atoms. The Morgan fingerprint density at radius 3 is 2.35 bits per heavy atom. The van der Waals surface area contributed by atoms with Gasteiger partial charge in [-0.1, -0.05) is 58.0 Å². The molecule has 13 heteroatoms. The van der Waals surface area contributed by atoms with Crippen molar-refractivity contribution in [2.75, 3.05) is 13.7 Å². The summed E-state index contributed by atoms with van der Waals surface area (Å²) in [5, 5.41) is 9.44. The minimum atomic E-state index is -4.75. The van der Waals surface area contributed by atoms with Crippen molar-refractivity contribution in [3.8, 4) is 34.3 Å². The van der Waals surface area contributed by atoms with Crippen molar-refractivity contribution < 1.29 is 27.4 Å². The fraction of sp³-hybridized carbons (Fsp3) is 0.314. The molecule has 0 radical (unpaired) electrons. The number of aromatic nitrogens is 4. The van der Waals surface area contributed by atoms with Gasteiger partial charge in [0.1, 0.15) is 17.8 Å². The highest BCUT2D eigenvalue weighted by molar-refractivity contribution is 7.07. The number of urea groups is 1. The average molecular weight is 679 g/mol. The topological polar surface area (TPSA) is 95.6 Å². The second kappa shape index (κ2) is 14.1. The predicted octanol–water partition coefficient (Wildman–Crippen LogP) is 8.00. The first-order chi connectivity index (χ1) is 22.7. The van der Waals surface area contributed by atoms with E-state index in [-0.39, 0.29) is 17.1 Å². The van der Waals surface area contributed by atoms with E-state index in [1.165, 1.54) is 46.6 Å². The van der Waals surface area contributed by atoms with Crippen LogP contribution in [0, 0.1) is 12.3 Å². The molecule has 0 bridgehead atoms. The zero-order valence-electron chi connectivity index (χ0n) is 27.5. The number of thiazole rings is 1. The van der Waals surface area contributed by atoms with E-state index in [2.05, 4.69) is 52.8 Å². The van der Waals surface area contributed by atoms with E-state index in [4.69, 9.17) is 4.74 Å². The molecule has 0 fully saturated rings. The van der Waals surface area contributed by atoms with Crippen LogP contribution in [0.2, 0.25) is 0 Å². The SMILES string of the molecule is COc1ccc(C(C)C)c(-n2c(C)cs/c2=N\C(=O)NCC(C)(C)Cc2ccc(-c3ncn(-c4ccc(OC(F)(F)F)cc4)n3)cc2)c1. The summed E-state index contributed by atoms with van der Waals surface area (Å²) in [6.07, 6.45) is -2.56. The minimum Gasteiger partial charge on any atom is -0.497 e. The fourth-order valence-corrected chi connectivity index (χ4v) is 6.11. The van der Waals surface area contributed by atoms with Crippen LogP contribution in [0.25, 0.3) is 22.8 Å². The summed E-state index contributed by atoms with van der Waals surface area (Å²) in [6.45, 7) is 10.8. The zero-order valence-corrected chi connectivity index (χ0v) is 28.3. The number of amides is 2. The molecule has 2 aromatic heterocycles. The standard InChI is InChI=1S/C35H37F3N6O3S/c1-22(2)29-16-15-28(46-6)17-30(29)44-23(3)19-48-33(44)41-32(45)39-20-34(4,5)18-24-7-9-25(10-8-24)31-40-21-43(42-31)26-11-13-27(14-12-26)47-35(36,37)38/h7-17,19,21-22H,18,20H2,1-6H3,(H,39,45)/b41-33-. The van der Waals surface area contributed by atoms with Crippen LogP contribution in [0.15, 0.2) is 83.4 Å². The van der Waals surface area contributed by atoms with Crippen LogP contribution in [0.5, 0.6) is 11.5 Å². The zero-order chi connectivity index (χ0) is 34.6. The molecule has 1 N–H and O–H groups in total. The number of halogens is 3. The van der Waals surface area contributed by atoms with Crippen molar-refractivity contribution in [3.63, 3.8) is 0 Å². The highest BCUT2D eigenvalue weighted by Crippen LogP contribution is 2.29. The number of hydrogen-bond donors (Lipinski definition) is 1. The number of carbonyl (C=O) groups excluding carboxylic acids is 1. The lowest BCUT2D eigenvalue weighted by Gasteiger charge is -2.24. The first-order valence-corrected chi connectivity index (χ1v) is 16.1. The maximum atomic E-state index is 13.0. The number of carbonyl (C=O) groups is 1. The maximum Gasteiger partial charge on any atom is 0.573 e. The van der Waals surface area contributed by atoms with Crippen LogP contribution in [-0.4, -0.2) is 45.4 Å². The Bertz CT molecular complexity index is 1940. The quantitative estimate of drug-likeness (QED) is 0.162. The lowest BCUT2D eigenvalue weighted by Crippen LogP contribution is -2.35. The molecule has 0 saturated carbocycles. The molecule has 5 rings (SSSR count). The highest BCUT2D eigenvalue weighted by Gasteiger charge is 2.31. The molecule has 252 valence electrons. The minimum absolute atomic E-state index is 0.263. The summed E-state index contributed by atoms with van der Waals surface area (Å²) in [7, 11) is 1.63. The Kier molecular flexibility index (Phi) is 10.1. The number of methoxy groups -OCH3 is 1. The number of aryl methyl sites for hydroxylation is 1. The van der Waals surface area contributed by atoms with Gasteiger partial charge >= 0.3 is 12.4 Å². The van der Waals surface area contributed by atoms with Crippen LogP contribution in [0.4, 0.5) is 18.0 Å². The van der Waals surface area contributed by atoms with E-state index < -0.39 is 12.4 Å². The first-order valence-electron chi connectivity index (χ1n) is 15.3. The second-order valence-corrected chi connectivity index (χ2v) is 13.3. The van der Waals surface area contributed by atoms with Crippen LogP contribution < -0.4 is 19.6 Å². The molecule has 0 unspecified atom stereocenters. The van der Waals surface area contributed by atoms with Crippen molar-refractivity contribution in [1.29, 1.82) is 0 Å². The van der Waals surface area contributed by atoms with Gasteiger partial charge in [0.05, 0.1) is 18.5 Å². The van der Waals surface area contributed by atoms with Gasteiger partial charge in [-0.15, -0.1) is 29.6 Å². The highest BCUT2D eigenvalue weighted by atomic mass is 32.1. The van der Waals surface area contributed by atoms with Gasteiger partial charge in [-0.2, -0.15) is 4.99 Å². The molecular formula is C35H37F3N6O3S. The van der Waals surface area contributed by atoms with E-state index in [9.17, 15) is 18.0 Å². The Morgan fingerprint density at radius 2 is 1.71 bits per heavy atom. The smallest absolute Gasteiger partial charge is 0.497 e. The van der Waals surface area contributed by atoms with Crippen molar-refractivity contribution in [2.45, 2.75) is 53.3 Å². The number of nitrogens with zero attached hydrogens (tertiary/aromatic N) is 5. The first kappa shape index (κ1) is 34.4. The summed E-state index contributed by atoms with van der Waals surface area (Å²) >= 11 is 1.41. The Hall–Kier alpha value is -4.91. The van der Waals surface area contributed by atoms with E-state index in [1.54, 1.807) is 7.11 Å². The van der Waals surface area contributed by atoms with Crippen molar-refractivity contribution in [2.24, 2.45) is 10.4 Å². The third kappa shape index (κ3) is 8.51. The summed E-state index contributed by atoms with van der Waals surface area (Å²) in [4.78, 5) is 22.4. The average Bonchev–Trinajstić information content (AvgIpc) is 3.66. The van der Waals surface area contributed by atoms with E-state index in [0.717, 1.165) is 33.8 Å². The van der Waals surface area contributed by atoms with Crippen LogP contribution in [0.3, 0.4) is 0 Å². The lowest BCUT2D eigenvalue weighted by atomic mass is 9.85. The van der Waals surface area contributed by atoms with Gasteiger partial charge in [0.15, 0.2) is 10.6 Å². The van der Waals surface area contributed by atoms with Gasteiger partial charge in [0, 0.05) is 29.2 Å². The Morgan fingerprint density at radius 1 is 1.02 bits per heavy atom. The van der Waals surface area contributed by atoms with Gasteiger partial charge in [-0.05, 0) is 66.1 Å². The van der Waals surface area contributed by atoms with Crippen molar-refractivity contribution >= 4 is 17.4 Å². The number of ether oxygens (including phenoxy) is 2. The van der Waals surface area contributed by atoms with Crippen LogP contribution in [-0.2, 0) is 6.42 Å².